The molecule has 0 aromatic heterocycles. The molecule has 1 fully saturated rings. The molecule has 6 heteroatoms. The van der Waals surface area contributed by atoms with E-state index in [1.54, 1.807) is 19.1 Å². The monoisotopic (exact) mass is 322 g/mol. The van der Waals surface area contributed by atoms with E-state index in [9.17, 15) is 9.90 Å². The third-order valence-electron chi connectivity index (χ3n) is 4.22. The zero-order valence-electron chi connectivity index (χ0n) is 14.1. The molecular formula is C17H26N2O4. The summed E-state index contributed by atoms with van der Waals surface area (Å²) >= 11 is 0. The molecule has 23 heavy (non-hydrogen) atoms. The summed E-state index contributed by atoms with van der Waals surface area (Å²) in [7, 11) is 3.17. The summed E-state index contributed by atoms with van der Waals surface area (Å²) in [6.07, 6.45) is 1.27. The fraction of sp³-hybridized carbons (Fsp3) is 0.588. The molecule has 1 heterocycles. The molecule has 1 atom stereocenters. The molecule has 0 radical (unpaired) electrons. The van der Waals surface area contributed by atoms with Gasteiger partial charge in [-0.15, -0.1) is 0 Å². The van der Waals surface area contributed by atoms with Crippen molar-refractivity contribution in [2.45, 2.75) is 31.9 Å². The lowest BCUT2D eigenvalue weighted by Gasteiger charge is -2.38. The Hall–Kier alpha value is -1.79. The van der Waals surface area contributed by atoms with Crippen molar-refractivity contribution >= 4 is 5.91 Å². The van der Waals surface area contributed by atoms with Gasteiger partial charge in [0.2, 0.25) is 0 Å². The van der Waals surface area contributed by atoms with Crippen molar-refractivity contribution in [3.05, 3.63) is 23.8 Å². The largest absolute Gasteiger partial charge is 0.493 e. The van der Waals surface area contributed by atoms with Gasteiger partial charge in [-0.25, -0.2) is 0 Å². The number of para-hydroxylation sites is 1. The van der Waals surface area contributed by atoms with Crippen LogP contribution in [0.5, 0.6) is 11.5 Å². The number of rotatable bonds is 7. The van der Waals surface area contributed by atoms with E-state index < -0.39 is 5.60 Å². The van der Waals surface area contributed by atoms with E-state index in [4.69, 9.17) is 9.47 Å². The number of methoxy groups -OCH3 is 2. The Kier molecular flexibility index (Phi) is 5.85. The fourth-order valence-electron chi connectivity index (χ4n) is 3.00. The molecule has 1 aromatic rings. The molecule has 1 amide bonds. The number of hydrogen-bond donors (Lipinski definition) is 2. The summed E-state index contributed by atoms with van der Waals surface area (Å²) in [4.78, 5) is 14.4. The van der Waals surface area contributed by atoms with Gasteiger partial charge in [0.15, 0.2) is 17.1 Å². The maximum absolute atomic E-state index is 12.7. The van der Waals surface area contributed by atoms with E-state index >= 15 is 0 Å². The maximum atomic E-state index is 12.7. The summed E-state index contributed by atoms with van der Waals surface area (Å²) in [5.74, 6) is 1.04. The second-order valence-corrected chi connectivity index (χ2v) is 5.79. The third-order valence-corrected chi connectivity index (χ3v) is 4.22. The number of nitrogens with one attached hydrogen (secondary N) is 1. The average molecular weight is 322 g/mol. The lowest BCUT2D eigenvalue weighted by atomic mass is 9.91. The minimum absolute atomic E-state index is 0.227. The van der Waals surface area contributed by atoms with Gasteiger partial charge in [0.25, 0.3) is 5.91 Å². The smallest absolute Gasteiger partial charge is 0.256 e. The number of carbonyl (C=O) groups is 1. The van der Waals surface area contributed by atoms with Crippen molar-refractivity contribution in [2.75, 3.05) is 33.9 Å². The summed E-state index contributed by atoms with van der Waals surface area (Å²) < 4.78 is 10.7. The highest BCUT2D eigenvalue weighted by Crippen LogP contribution is 2.33. The van der Waals surface area contributed by atoms with Crippen LogP contribution in [0.3, 0.4) is 0 Å². The van der Waals surface area contributed by atoms with Gasteiger partial charge in [0.1, 0.15) is 0 Å². The Bertz CT molecular complexity index is 549. The van der Waals surface area contributed by atoms with Crippen LogP contribution in [0.2, 0.25) is 0 Å². The van der Waals surface area contributed by atoms with Crippen LogP contribution in [-0.2, 0) is 11.3 Å². The molecule has 0 unspecified atom stereocenters. The lowest BCUT2D eigenvalue weighted by Crippen LogP contribution is -2.57. The molecule has 0 bridgehead atoms. The van der Waals surface area contributed by atoms with Crippen LogP contribution in [0.4, 0.5) is 0 Å². The fourth-order valence-corrected chi connectivity index (χ4v) is 3.00. The summed E-state index contributed by atoms with van der Waals surface area (Å²) in [6, 6.07) is 5.60. The molecule has 1 saturated heterocycles. The van der Waals surface area contributed by atoms with Gasteiger partial charge in [-0.1, -0.05) is 19.1 Å². The predicted octanol–water partition coefficient (Wildman–Crippen LogP) is 1.17. The van der Waals surface area contributed by atoms with Crippen LogP contribution in [0.1, 0.15) is 25.3 Å². The molecule has 1 aliphatic heterocycles. The van der Waals surface area contributed by atoms with Crippen molar-refractivity contribution in [1.29, 1.82) is 0 Å². The maximum Gasteiger partial charge on any atom is 0.256 e. The van der Waals surface area contributed by atoms with Crippen LogP contribution in [-0.4, -0.2) is 55.4 Å². The van der Waals surface area contributed by atoms with Crippen molar-refractivity contribution in [2.24, 2.45) is 0 Å². The molecule has 2 rings (SSSR count). The predicted molar refractivity (Wildman–Crippen MR) is 87.7 cm³/mol. The SMILES string of the molecule is CCNC[C@@]1(O)CCCN(Cc2cccc(OC)c2OC)C1=O. The first kappa shape index (κ1) is 17.6. The van der Waals surface area contributed by atoms with E-state index in [1.807, 2.05) is 25.1 Å². The number of aliphatic hydroxyl groups is 1. The number of amides is 1. The molecular weight excluding hydrogens is 296 g/mol. The second-order valence-electron chi connectivity index (χ2n) is 5.79. The van der Waals surface area contributed by atoms with Crippen LogP contribution >= 0.6 is 0 Å². The summed E-state index contributed by atoms with van der Waals surface area (Å²) in [5, 5.41) is 13.7. The van der Waals surface area contributed by atoms with Crippen molar-refractivity contribution < 1.29 is 19.4 Å². The molecule has 6 nitrogen and oxygen atoms in total. The molecule has 0 aliphatic carbocycles. The standard InChI is InChI=1S/C17H26N2O4/c1-4-18-12-17(21)9-6-10-19(16(17)20)11-13-7-5-8-14(22-2)15(13)23-3/h5,7-8,18,21H,4,6,9-12H2,1-3H3/t17-/m0/s1. The second kappa shape index (κ2) is 7.66. The van der Waals surface area contributed by atoms with Crippen molar-refractivity contribution in [3.8, 4) is 11.5 Å². The number of nitrogens with zero attached hydrogens (tertiary/aromatic N) is 1. The zero-order valence-corrected chi connectivity index (χ0v) is 14.1. The Labute approximate surface area is 137 Å². The minimum Gasteiger partial charge on any atom is -0.493 e. The van der Waals surface area contributed by atoms with Gasteiger partial charge in [-0.05, 0) is 25.5 Å². The number of benzene rings is 1. The number of ether oxygens (including phenoxy) is 2. The highest BCUT2D eigenvalue weighted by atomic mass is 16.5. The van der Waals surface area contributed by atoms with Crippen LogP contribution in [0, 0.1) is 0 Å². The zero-order chi connectivity index (χ0) is 16.9. The summed E-state index contributed by atoms with van der Waals surface area (Å²) in [6.45, 7) is 3.99. The van der Waals surface area contributed by atoms with Crippen molar-refractivity contribution in [3.63, 3.8) is 0 Å². The van der Waals surface area contributed by atoms with Gasteiger partial charge < -0.3 is 24.8 Å². The summed E-state index contributed by atoms with van der Waals surface area (Å²) in [5.41, 5.74) is -0.451. The average Bonchev–Trinajstić information content (AvgIpc) is 2.57. The molecule has 0 saturated carbocycles. The molecule has 0 spiro atoms. The Morgan fingerprint density at radius 2 is 2.13 bits per heavy atom. The first-order valence-corrected chi connectivity index (χ1v) is 7.98. The number of hydrogen-bond acceptors (Lipinski definition) is 5. The van der Waals surface area contributed by atoms with Crippen LogP contribution < -0.4 is 14.8 Å². The number of piperidine rings is 1. The van der Waals surface area contributed by atoms with Gasteiger partial charge in [0, 0.05) is 25.2 Å². The third kappa shape index (κ3) is 3.76. The molecule has 2 N–H and O–H groups in total. The molecule has 128 valence electrons. The van der Waals surface area contributed by atoms with E-state index in [0.717, 1.165) is 18.5 Å². The number of carbonyl (C=O) groups excluding carboxylic acids is 1. The minimum atomic E-state index is -1.32. The topological polar surface area (TPSA) is 71.0 Å². The Morgan fingerprint density at radius 1 is 1.35 bits per heavy atom. The number of likely N-dealkylation sites (N-methyl/N-ethyl adjacent to an activating group) is 1. The highest BCUT2D eigenvalue weighted by molar-refractivity contribution is 5.86. The highest BCUT2D eigenvalue weighted by Gasteiger charge is 2.41. The van der Waals surface area contributed by atoms with Gasteiger partial charge in [-0.3, -0.25) is 4.79 Å². The molecule has 1 aliphatic rings. The quantitative estimate of drug-likeness (QED) is 0.788. The number of likely N-dealkylation sites (tertiary alicyclic amines) is 1. The van der Waals surface area contributed by atoms with Crippen LogP contribution in [0.25, 0.3) is 0 Å². The van der Waals surface area contributed by atoms with Gasteiger partial charge >= 0.3 is 0 Å². The van der Waals surface area contributed by atoms with E-state index in [0.29, 0.717) is 31.0 Å². The normalized spacial score (nSPS) is 21.4. The van der Waals surface area contributed by atoms with Gasteiger partial charge in [0.05, 0.1) is 14.2 Å². The molecule has 1 aromatic carbocycles. The van der Waals surface area contributed by atoms with E-state index in [-0.39, 0.29) is 12.5 Å². The lowest BCUT2D eigenvalue weighted by molar-refractivity contribution is -0.157. The van der Waals surface area contributed by atoms with Crippen molar-refractivity contribution in [1.82, 2.24) is 10.2 Å². The van der Waals surface area contributed by atoms with Gasteiger partial charge in [-0.2, -0.15) is 0 Å². The Balaban J connectivity index is 2.18. The van der Waals surface area contributed by atoms with E-state index in [1.165, 1.54) is 0 Å². The Morgan fingerprint density at radius 3 is 2.78 bits per heavy atom. The first-order valence-electron chi connectivity index (χ1n) is 7.98. The van der Waals surface area contributed by atoms with E-state index in [2.05, 4.69) is 5.32 Å². The first-order chi connectivity index (χ1) is 11.1. The van der Waals surface area contributed by atoms with Crippen LogP contribution in [0.15, 0.2) is 18.2 Å².